The van der Waals surface area contributed by atoms with Crippen molar-refractivity contribution in [1.29, 1.82) is 0 Å². The third kappa shape index (κ3) is 4.30. The van der Waals surface area contributed by atoms with Crippen LogP contribution in [0.15, 0.2) is 176 Å². The average Bonchev–Trinajstić information content (AvgIpc) is 3.93. The van der Waals surface area contributed by atoms with Gasteiger partial charge in [0.25, 0.3) is 0 Å². The molecule has 0 atom stereocenters. The normalized spacial score (nSPS) is 14.7. The molecule has 0 saturated heterocycles. The van der Waals surface area contributed by atoms with Crippen LogP contribution in [-0.2, 0) is 10.8 Å². The molecule has 0 spiro atoms. The molecule has 0 bridgehead atoms. The van der Waals surface area contributed by atoms with Gasteiger partial charge in [0.1, 0.15) is 0 Å². The van der Waals surface area contributed by atoms with Crippen LogP contribution in [0.25, 0.3) is 105 Å². The van der Waals surface area contributed by atoms with Gasteiger partial charge in [0.15, 0.2) is 0 Å². The van der Waals surface area contributed by atoms with E-state index >= 15 is 0 Å². The van der Waals surface area contributed by atoms with Crippen molar-refractivity contribution < 1.29 is 0 Å². The Morgan fingerprint density at radius 3 is 1.63 bits per heavy atom. The van der Waals surface area contributed by atoms with Gasteiger partial charge in [-0.05, 0) is 137 Å². The van der Waals surface area contributed by atoms with Crippen molar-refractivity contribution in [3.05, 3.63) is 198 Å². The van der Waals surface area contributed by atoms with Gasteiger partial charge < -0.3 is 4.57 Å². The predicted octanol–water partition coefficient (Wildman–Crippen LogP) is 15.5. The Morgan fingerprint density at radius 2 is 0.814 bits per heavy atom. The lowest BCUT2D eigenvalue weighted by Crippen LogP contribution is -2.14. The van der Waals surface area contributed by atoms with Gasteiger partial charge in [-0.3, -0.25) is 0 Å². The maximum absolute atomic E-state index is 2.50. The quantitative estimate of drug-likeness (QED) is 0.169. The van der Waals surface area contributed by atoms with Crippen LogP contribution in [0, 0.1) is 0 Å². The summed E-state index contributed by atoms with van der Waals surface area (Å²) >= 11 is 0. The van der Waals surface area contributed by atoms with Gasteiger partial charge in [-0.15, -0.1) is 0 Å². The molecule has 3 aliphatic rings. The SMILES string of the molecule is CC1(C)c2ccccc2-c2cc(-c3ccc4c(c3)c3ccccc3n4-c3ccc4c5c(cccc35)-c3cc(-c5ccc6c(c5)C(C)(C)c5ccccc5-6)ccc3-4)ccc21. The van der Waals surface area contributed by atoms with E-state index in [4.69, 9.17) is 0 Å². The Morgan fingerprint density at radius 1 is 0.305 bits per heavy atom. The van der Waals surface area contributed by atoms with E-state index in [1.807, 2.05) is 0 Å². The summed E-state index contributed by atoms with van der Waals surface area (Å²) in [5.41, 5.74) is 25.0. The first-order valence-corrected chi connectivity index (χ1v) is 21.0. The minimum absolute atomic E-state index is 0.00170. The highest BCUT2D eigenvalue weighted by atomic mass is 15.0. The lowest BCUT2D eigenvalue weighted by atomic mass is 9.81. The summed E-state index contributed by atoms with van der Waals surface area (Å²) < 4.78 is 2.50. The molecule has 0 aliphatic heterocycles. The van der Waals surface area contributed by atoms with E-state index < -0.39 is 0 Å². The van der Waals surface area contributed by atoms with Gasteiger partial charge in [0, 0.05) is 27.0 Å². The third-order valence-electron chi connectivity index (χ3n) is 14.4. The fraction of sp³-hybridized carbons (Fsp3) is 0.103. The maximum Gasteiger partial charge on any atom is 0.0541 e. The van der Waals surface area contributed by atoms with Crippen molar-refractivity contribution in [1.82, 2.24) is 4.57 Å². The lowest BCUT2D eigenvalue weighted by Gasteiger charge is -2.22. The van der Waals surface area contributed by atoms with E-state index in [1.165, 1.54) is 127 Å². The van der Waals surface area contributed by atoms with Gasteiger partial charge in [-0.1, -0.05) is 161 Å². The second kappa shape index (κ2) is 11.4. The highest BCUT2D eigenvalue weighted by Gasteiger charge is 2.36. The molecule has 0 radical (unpaired) electrons. The van der Waals surface area contributed by atoms with Gasteiger partial charge in [-0.2, -0.15) is 0 Å². The number of benzene rings is 9. The zero-order chi connectivity index (χ0) is 39.4. The van der Waals surface area contributed by atoms with Crippen LogP contribution in [0.5, 0.6) is 0 Å². The minimum atomic E-state index is -0.0306. The number of rotatable bonds is 3. The molecule has 0 amide bonds. The summed E-state index contributed by atoms with van der Waals surface area (Å²) in [5.74, 6) is 0. The van der Waals surface area contributed by atoms with Crippen LogP contribution in [-0.4, -0.2) is 4.57 Å². The molecule has 10 aromatic rings. The summed E-state index contributed by atoms with van der Waals surface area (Å²) in [6.45, 7) is 9.43. The lowest BCUT2D eigenvalue weighted by molar-refractivity contribution is 0.660. The maximum atomic E-state index is 2.50. The zero-order valence-electron chi connectivity index (χ0n) is 33.7. The Kier molecular flexibility index (Phi) is 6.37. The van der Waals surface area contributed by atoms with E-state index in [1.54, 1.807) is 0 Å². The Labute approximate surface area is 344 Å². The summed E-state index contributed by atoms with van der Waals surface area (Å²) in [7, 11) is 0. The number of para-hydroxylation sites is 1. The smallest absolute Gasteiger partial charge is 0.0541 e. The van der Waals surface area contributed by atoms with E-state index in [0.717, 1.165) is 0 Å². The first kappa shape index (κ1) is 33.1. The zero-order valence-corrected chi connectivity index (χ0v) is 33.7. The van der Waals surface area contributed by atoms with Crippen LogP contribution in [0.4, 0.5) is 0 Å². The van der Waals surface area contributed by atoms with Crippen molar-refractivity contribution >= 4 is 32.6 Å². The minimum Gasteiger partial charge on any atom is -0.309 e. The first-order valence-electron chi connectivity index (χ1n) is 21.0. The first-order chi connectivity index (χ1) is 28.8. The Hall–Kier alpha value is -6.96. The molecule has 278 valence electrons. The van der Waals surface area contributed by atoms with Crippen molar-refractivity contribution in [2.24, 2.45) is 0 Å². The van der Waals surface area contributed by atoms with Crippen LogP contribution in [0.2, 0.25) is 0 Å². The fourth-order valence-electron chi connectivity index (χ4n) is 11.4. The van der Waals surface area contributed by atoms with Crippen LogP contribution in [0.3, 0.4) is 0 Å². The molecule has 1 heterocycles. The topological polar surface area (TPSA) is 4.93 Å². The fourth-order valence-corrected chi connectivity index (χ4v) is 11.4. The van der Waals surface area contributed by atoms with Crippen molar-refractivity contribution in [3.63, 3.8) is 0 Å². The van der Waals surface area contributed by atoms with E-state index in [9.17, 15) is 0 Å². The van der Waals surface area contributed by atoms with Crippen molar-refractivity contribution in [2.45, 2.75) is 38.5 Å². The third-order valence-corrected chi connectivity index (χ3v) is 14.4. The van der Waals surface area contributed by atoms with Crippen molar-refractivity contribution in [3.8, 4) is 72.4 Å². The van der Waals surface area contributed by atoms with Gasteiger partial charge in [0.2, 0.25) is 0 Å². The number of nitrogens with zero attached hydrogens (tertiary/aromatic N) is 1. The molecule has 1 aromatic heterocycles. The van der Waals surface area contributed by atoms with E-state index in [-0.39, 0.29) is 10.8 Å². The molecule has 59 heavy (non-hydrogen) atoms. The molecule has 3 aliphatic carbocycles. The van der Waals surface area contributed by atoms with Gasteiger partial charge >= 0.3 is 0 Å². The van der Waals surface area contributed by atoms with Crippen LogP contribution >= 0.6 is 0 Å². The molecule has 0 saturated carbocycles. The van der Waals surface area contributed by atoms with Crippen LogP contribution < -0.4 is 0 Å². The molecule has 0 fully saturated rings. The molecule has 13 rings (SSSR count). The predicted molar refractivity (Wildman–Crippen MR) is 249 cm³/mol. The van der Waals surface area contributed by atoms with Gasteiger partial charge in [-0.25, -0.2) is 0 Å². The largest absolute Gasteiger partial charge is 0.309 e. The number of hydrogen-bond donors (Lipinski definition) is 0. The highest BCUT2D eigenvalue weighted by Crippen LogP contribution is 2.53. The Bertz CT molecular complexity index is 3500. The molecule has 9 aromatic carbocycles. The molecule has 1 heteroatoms. The summed E-state index contributed by atoms with van der Waals surface area (Å²) in [6, 6.07) is 66.7. The summed E-state index contributed by atoms with van der Waals surface area (Å²) in [4.78, 5) is 0. The molecular formula is C58H41N. The number of aromatic nitrogens is 1. The van der Waals surface area contributed by atoms with Crippen molar-refractivity contribution in [2.75, 3.05) is 0 Å². The Balaban J connectivity index is 0.935. The number of hydrogen-bond acceptors (Lipinski definition) is 0. The molecule has 0 N–H and O–H groups in total. The second-order valence-electron chi connectivity index (χ2n) is 18.1. The second-order valence-corrected chi connectivity index (χ2v) is 18.1. The van der Waals surface area contributed by atoms with E-state index in [2.05, 4.69) is 208 Å². The molecular weight excluding hydrogens is 711 g/mol. The highest BCUT2D eigenvalue weighted by molar-refractivity contribution is 6.19. The monoisotopic (exact) mass is 751 g/mol. The summed E-state index contributed by atoms with van der Waals surface area (Å²) in [5, 5.41) is 5.16. The van der Waals surface area contributed by atoms with E-state index in [0.29, 0.717) is 0 Å². The summed E-state index contributed by atoms with van der Waals surface area (Å²) in [6.07, 6.45) is 0. The van der Waals surface area contributed by atoms with Gasteiger partial charge in [0.05, 0.1) is 16.7 Å². The average molecular weight is 752 g/mol. The number of fused-ring (bicyclic) bond motifs is 12. The standard InChI is InChI=1S/C58H41N/c1-57(2)50-18-9-6-13-40(50)47-31-35(22-27-51(47)57)36-23-28-55-48(32-36)42-14-7-10-19-53(42)59(55)54-29-26-44-38-24-20-34(30-46(38)43-15-11-16-45(54)56(43)44)37-21-25-41-39-12-5-8-17-49(39)58(3,4)52(41)33-37/h5-33H,1-4H3. The molecule has 1 nitrogen and oxygen atoms in total. The van der Waals surface area contributed by atoms with Crippen LogP contribution in [0.1, 0.15) is 49.9 Å². The molecule has 0 unspecified atom stereocenters.